The summed E-state index contributed by atoms with van der Waals surface area (Å²) < 4.78 is 38.8. The van der Waals surface area contributed by atoms with Gasteiger partial charge in [0.25, 0.3) is 0 Å². The highest BCUT2D eigenvalue weighted by Crippen LogP contribution is 2.24. The zero-order valence-corrected chi connectivity index (χ0v) is 10.1. The molecule has 0 aliphatic rings. The molecule has 1 nitrogen and oxygen atoms in total. The molecule has 4 heteroatoms. The molecule has 1 aromatic carbocycles. The number of rotatable bonds is 5. The van der Waals surface area contributed by atoms with Crippen LogP contribution in [0, 0.1) is 23.4 Å². The molecule has 0 aromatic heterocycles. The lowest BCUT2D eigenvalue weighted by molar-refractivity contribution is 0.424. The molecule has 2 atom stereocenters. The monoisotopic (exact) mass is 245 g/mol. The Morgan fingerprint density at radius 1 is 1.18 bits per heavy atom. The molecule has 1 aromatic rings. The third kappa shape index (κ3) is 3.73. The summed E-state index contributed by atoms with van der Waals surface area (Å²) >= 11 is 0. The molecule has 0 aliphatic heterocycles. The van der Waals surface area contributed by atoms with Crippen molar-refractivity contribution in [2.24, 2.45) is 11.7 Å². The van der Waals surface area contributed by atoms with Gasteiger partial charge in [-0.05, 0) is 30.0 Å². The van der Waals surface area contributed by atoms with E-state index in [9.17, 15) is 13.2 Å². The highest BCUT2D eigenvalue weighted by atomic mass is 19.2. The Kier molecular flexibility index (Phi) is 5.00. The Hall–Kier alpha value is -1.03. The molecule has 96 valence electrons. The summed E-state index contributed by atoms with van der Waals surface area (Å²) in [6, 6.07) is 1.49. The molecule has 1 rings (SSSR count). The van der Waals surface area contributed by atoms with Crippen LogP contribution in [0.2, 0.25) is 0 Å². The van der Waals surface area contributed by atoms with Crippen LogP contribution in [0.25, 0.3) is 0 Å². The summed E-state index contributed by atoms with van der Waals surface area (Å²) in [6.07, 6.45) is 2.69. The fourth-order valence-electron chi connectivity index (χ4n) is 1.97. The van der Waals surface area contributed by atoms with Crippen LogP contribution in [0.1, 0.15) is 44.7 Å². The van der Waals surface area contributed by atoms with Gasteiger partial charge in [-0.3, -0.25) is 0 Å². The van der Waals surface area contributed by atoms with Gasteiger partial charge < -0.3 is 5.73 Å². The maximum absolute atomic E-state index is 13.0. The Labute approximate surface area is 99.8 Å². The van der Waals surface area contributed by atoms with E-state index < -0.39 is 23.5 Å². The summed E-state index contributed by atoms with van der Waals surface area (Å²) in [7, 11) is 0. The van der Waals surface area contributed by atoms with Gasteiger partial charge >= 0.3 is 0 Å². The van der Waals surface area contributed by atoms with Crippen LogP contribution < -0.4 is 5.73 Å². The number of nitrogens with two attached hydrogens (primary N) is 1. The average Bonchev–Trinajstić information content (AvgIpc) is 2.25. The summed E-state index contributed by atoms with van der Waals surface area (Å²) in [5, 5.41) is 0. The Balaban J connectivity index is 2.79. The predicted molar refractivity (Wildman–Crippen MR) is 61.9 cm³/mol. The van der Waals surface area contributed by atoms with E-state index in [2.05, 4.69) is 6.92 Å². The maximum atomic E-state index is 13.0. The first-order valence-electron chi connectivity index (χ1n) is 5.85. The summed E-state index contributed by atoms with van der Waals surface area (Å²) in [5.74, 6) is -3.43. The van der Waals surface area contributed by atoms with Gasteiger partial charge in [0.1, 0.15) is 0 Å². The lowest BCUT2D eigenvalue weighted by Crippen LogP contribution is -2.15. The first-order chi connectivity index (χ1) is 7.95. The molecule has 0 fully saturated rings. The molecule has 0 saturated carbocycles. The minimum absolute atomic E-state index is 0.310. The van der Waals surface area contributed by atoms with Crippen molar-refractivity contribution < 1.29 is 13.2 Å². The van der Waals surface area contributed by atoms with Crippen molar-refractivity contribution in [3.05, 3.63) is 35.1 Å². The van der Waals surface area contributed by atoms with Crippen LogP contribution in [-0.4, -0.2) is 0 Å². The van der Waals surface area contributed by atoms with E-state index in [0.29, 0.717) is 17.9 Å². The van der Waals surface area contributed by atoms with Gasteiger partial charge in [0.05, 0.1) is 0 Å². The highest BCUT2D eigenvalue weighted by molar-refractivity contribution is 5.22. The molecule has 0 amide bonds. The second-order valence-electron chi connectivity index (χ2n) is 4.53. The highest BCUT2D eigenvalue weighted by Gasteiger charge is 2.16. The lowest BCUT2D eigenvalue weighted by Gasteiger charge is -2.17. The number of hydrogen-bond acceptors (Lipinski definition) is 1. The van der Waals surface area contributed by atoms with Crippen molar-refractivity contribution >= 4 is 0 Å². The molecule has 2 unspecified atom stereocenters. The van der Waals surface area contributed by atoms with Crippen LogP contribution in [0.4, 0.5) is 13.2 Å². The van der Waals surface area contributed by atoms with Gasteiger partial charge in [-0.25, -0.2) is 13.2 Å². The van der Waals surface area contributed by atoms with E-state index in [1.165, 1.54) is 0 Å². The second kappa shape index (κ2) is 6.05. The summed E-state index contributed by atoms with van der Waals surface area (Å²) in [4.78, 5) is 0. The topological polar surface area (TPSA) is 26.0 Å². The van der Waals surface area contributed by atoms with E-state index in [0.717, 1.165) is 25.0 Å². The minimum Gasteiger partial charge on any atom is -0.324 e. The fraction of sp³-hybridized carbons (Fsp3) is 0.538. The smallest absolute Gasteiger partial charge is 0.194 e. The minimum atomic E-state index is -1.44. The molecule has 0 spiro atoms. The molecule has 17 heavy (non-hydrogen) atoms. The third-order valence-electron chi connectivity index (χ3n) is 2.87. The molecular weight excluding hydrogens is 227 g/mol. The van der Waals surface area contributed by atoms with E-state index in [1.54, 1.807) is 0 Å². The van der Waals surface area contributed by atoms with E-state index in [1.807, 2.05) is 6.92 Å². The van der Waals surface area contributed by atoms with Crippen molar-refractivity contribution in [2.45, 2.75) is 39.2 Å². The number of benzene rings is 1. The lowest BCUT2D eigenvalue weighted by atomic mass is 9.93. The van der Waals surface area contributed by atoms with Gasteiger partial charge in [0.2, 0.25) is 0 Å². The maximum Gasteiger partial charge on any atom is 0.194 e. The van der Waals surface area contributed by atoms with Crippen LogP contribution in [0.3, 0.4) is 0 Å². The Bertz CT molecular complexity index is 356. The van der Waals surface area contributed by atoms with Crippen LogP contribution in [0.15, 0.2) is 12.1 Å². The van der Waals surface area contributed by atoms with Crippen molar-refractivity contribution in [1.29, 1.82) is 0 Å². The quantitative estimate of drug-likeness (QED) is 0.781. The zero-order valence-electron chi connectivity index (χ0n) is 10.1. The molecular formula is C13H18F3N. The van der Waals surface area contributed by atoms with Gasteiger partial charge in [-0.1, -0.05) is 26.7 Å². The average molecular weight is 245 g/mol. The molecule has 2 N–H and O–H groups in total. The number of hydrogen-bond donors (Lipinski definition) is 1. The molecule has 0 aliphatic carbocycles. The van der Waals surface area contributed by atoms with Crippen LogP contribution in [-0.2, 0) is 0 Å². The molecule has 0 radical (unpaired) electrons. The zero-order chi connectivity index (χ0) is 13.0. The van der Waals surface area contributed by atoms with E-state index in [-0.39, 0.29) is 0 Å². The molecule has 0 bridgehead atoms. The predicted octanol–water partition coefficient (Wildman–Crippen LogP) is 3.93. The summed E-state index contributed by atoms with van der Waals surface area (Å²) in [5.41, 5.74) is 6.17. The van der Waals surface area contributed by atoms with Crippen LogP contribution >= 0.6 is 0 Å². The van der Waals surface area contributed by atoms with Gasteiger partial charge in [-0.15, -0.1) is 0 Å². The van der Waals surface area contributed by atoms with Crippen molar-refractivity contribution in [3.63, 3.8) is 0 Å². The molecule has 0 saturated heterocycles. The van der Waals surface area contributed by atoms with Crippen molar-refractivity contribution in [3.8, 4) is 0 Å². The summed E-state index contributed by atoms with van der Waals surface area (Å²) in [6.45, 7) is 4.11. The van der Waals surface area contributed by atoms with Crippen molar-refractivity contribution in [1.82, 2.24) is 0 Å². The van der Waals surface area contributed by atoms with Crippen molar-refractivity contribution in [2.75, 3.05) is 0 Å². The second-order valence-corrected chi connectivity index (χ2v) is 4.53. The van der Waals surface area contributed by atoms with E-state index >= 15 is 0 Å². The first-order valence-corrected chi connectivity index (χ1v) is 5.85. The standard InChI is InChI=1S/C13H18F3N/c1-3-4-8(2)5-12(17)9-6-10(14)13(16)11(15)7-9/h6-8,12H,3-5,17H2,1-2H3. The third-order valence-corrected chi connectivity index (χ3v) is 2.87. The Morgan fingerprint density at radius 3 is 2.18 bits per heavy atom. The first kappa shape index (κ1) is 14.0. The molecule has 0 heterocycles. The fourth-order valence-corrected chi connectivity index (χ4v) is 1.97. The van der Waals surface area contributed by atoms with E-state index in [4.69, 9.17) is 5.73 Å². The largest absolute Gasteiger partial charge is 0.324 e. The number of halogens is 3. The van der Waals surface area contributed by atoms with Gasteiger partial charge in [0.15, 0.2) is 17.5 Å². The van der Waals surface area contributed by atoms with Gasteiger partial charge in [0, 0.05) is 6.04 Å². The van der Waals surface area contributed by atoms with Gasteiger partial charge in [-0.2, -0.15) is 0 Å². The Morgan fingerprint density at radius 2 is 1.71 bits per heavy atom. The SMILES string of the molecule is CCCC(C)CC(N)c1cc(F)c(F)c(F)c1. The normalized spacial score (nSPS) is 14.7. The van der Waals surface area contributed by atoms with Crippen LogP contribution in [0.5, 0.6) is 0 Å².